The molecule has 0 heterocycles. The van der Waals surface area contributed by atoms with Crippen LogP contribution in [0.4, 0.5) is 5.69 Å². The first-order valence-electron chi connectivity index (χ1n) is 4.14. The molecule has 1 aromatic carbocycles. The molecular formula is C10H16N2. The Kier molecular flexibility index (Phi) is 2.38. The van der Waals surface area contributed by atoms with Gasteiger partial charge in [-0.2, -0.15) is 0 Å². The summed E-state index contributed by atoms with van der Waals surface area (Å²) < 4.78 is 0. The molecule has 12 heavy (non-hydrogen) atoms. The van der Waals surface area contributed by atoms with E-state index in [4.69, 9.17) is 11.5 Å². The lowest BCUT2D eigenvalue weighted by Gasteiger charge is -2.12. The van der Waals surface area contributed by atoms with Crippen molar-refractivity contribution >= 4 is 5.69 Å². The highest BCUT2D eigenvalue weighted by Crippen LogP contribution is 2.23. The molecule has 0 aromatic heterocycles. The largest absolute Gasteiger partial charge is 0.398 e. The zero-order chi connectivity index (χ0) is 9.30. The normalized spacial score (nSPS) is 13.0. The Labute approximate surface area is 73.6 Å². The van der Waals surface area contributed by atoms with Gasteiger partial charge < -0.3 is 11.5 Å². The van der Waals surface area contributed by atoms with Gasteiger partial charge in [0, 0.05) is 11.7 Å². The zero-order valence-corrected chi connectivity index (χ0v) is 7.89. The quantitative estimate of drug-likeness (QED) is 0.623. The van der Waals surface area contributed by atoms with E-state index in [2.05, 4.69) is 13.0 Å². The first kappa shape index (κ1) is 9.07. The zero-order valence-electron chi connectivity index (χ0n) is 7.89. The molecule has 0 aliphatic rings. The molecule has 0 fully saturated rings. The topological polar surface area (TPSA) is 52.0 Å². The lowest BCUT2D eigenvalue weighted by atomic mass is 10.0. The molecule has 1 rings (SSSR count). The minimum atomic E-state index is 0.0172. The van der Waals surface area contributed by atoms with E-state index in [1.54, 1.807) is 0 Å². The Hall–Kier alpha value is -1.02. The summed E-state index contributed by atoms with van der Waals surface area (Å²) in [6.07, 6.45) is 0. The summed E-state index contributed by atoms with van der Waals surface area (Å²) in [5, 5.41) is 0. The molecule has 4 N–H and O–H groups in total. The van der Waals surface area contributed by atoms with E-state index in [1.807, 2.05) is 19.9 Å². The van der Waals surface area contributed by atoms with E-state index in [0.29, 0.717) is 0 Å². The van der Waals surface area contributed by atoms with Crippen LogP contribution < -0.4 is 11.5 Å². The molecule has 0 amide bonds. The molecule has 66 valence electrons. The second-order valence-corrected chi connectivity index (χ2v) is 3.37. The number of hydrogen-bond acceptors (Lipinski definition) is 2. The van der Waals surface area contributed by atoms with Gasteiger partial charge in [0.2, 0.25) is 0 Å². The first-order chi connectivity index (χ1) is 5.52. The lowest BCUT2D eigenvalue weighted by molar-refractivity contribution is 0.818. The van der Waals surface area contributed by atoms with Crippen molar-refractivity contribution in [2.75, 3.05) is 5.73 Å². The van der Waals surface area contributed by atoms with Crippen molar-refractivity contribution in [3.05, 3.63) is 28.8 Å². The minimum Gasteiger partial charge on any atom is -0.398 e. The van der Waals surface area contributed by atoms with Crippen LogP contribution in [0.5, 0.6) is 0 Å². The number of benzene rings is 1. The molecule has 0 spiro atoms. The fourth-order valence-corrected chi connectivity index (χ4v) is 1.39. The highest BCUT2D eigenvalue weighted by molar-refractivity contribution is 5.56. The third-order valence-corrected chi connectivity index (χ3v) is 2.05. The lowest BCUT2D eigenvalue weighted by Crippen LogP contribution is -2.09. The number of aryl methyl sites for hydroxylation is 2. The molecule has 0 unspecified atom stereocenters. The van der Waals surface area contributed by atoms with E-state index in [1.165, 1.54) is 5.56 Å². The van der Waals surface area contributed by atoms with Crippen molar-refractivity contribution in [3.63, 3.8) is 0 Å². The summed E-state index contributed by atoms with van der Waals surface area (Å²) >= 11 is 0. The summed E-state index contributed by atoms with van der Waals surface area (Å²) in [5.74, 6) is 0. The van der Waals surface area contributed by atoms with Gasteiger partial charge in [-0.15, -0.1) is 0 Å². The summed E-state index contributed by atoms with van der Waals surface area (Å²) in [5.41, 5.74) is 15.9. The molecule has 0 radical (unpaired) electrons. The van der Waals surface area contributed by atoms with E-state index < -0.39 is 0 Å². The van der Waals surface area contributed by atoms with Crippen LogP contribution in [0.1, 0.15) is 29.7 Å². The Morgan fingerprint density at radius 3 is 2.33 bits per heavy atom. The fraction of sp³-hybridized carbons (Fsp3) is 0.400. The maximum atomic E-state index is 5.87. The summed E-state index contributed by atoms with van der Waals surface area (Å²) in [6.45, 7) is 6.01. The van der Waals surface area contributed by atoms with Crippen LogP contribution in [-0.2, 0) is 0 Å². The average Bonchev–Trinajstić information content (AvgIpc) is 1.96. The maximum absolute atomic E-state index is 5.87. The molecule has 1 atom stereocenters. The van der Waals surface area contributed by atoms with Crippen molar-refractivity contribution < 1.29 is 0 Å². The Balaban J connectivity index is 3.28. The van der Waals surface area contributed by atoms with E-state index in [9.17, 15) is 0 Å². The van der Waals surface area contributed by atoms with Crippen LogP contribution in [0.25, 0.3) is 0 Å². The Morgan fingerprint density at radius 1 is 1.25 bits per heavy atom. The number of nitrogens with two attached hydrogens (primary N) is 2. The monoisotopic (exact) mass is 164 g/mol. The molecule has 2 nitrogen and oxygen atoms in total. The molecule has 0 bridgehead atoms. The van der Waals surface area contributed by atoms with Crippen LogP contribution >= 0.6 is 0 Å². The van der Waals surface area contributed by atoms with Gasteiger partial charge in [-0.1, -0.05) is 17.7 Å². The molecular weight excluding hydrogens is 148 g/mol. The number of nitrogen functional groups attached to an aromatic ring is 1. The van der Waals surface area contributed by atoms with Gasteiger partial charge in [-0.05, 0) is 31.9 Å². The van der Waals surface area contributed by atoms with Crippen molar-refractivity contribution in [2.24, 2.45) is 5.73 Å². The number of rotatable bonds is 1. The van der Waals surface area contributed by atoms with Gasteiger partial charge in [-0.25, -0.2) is 0 Å². The van der Waals surface area contributed by atoms with Crippen molar-refractivity contribution in [2.45, 2.75) is 26.8 Å². The van der Waals surface area contributed by atoms with E-state index >= 15 is 0 Å². The van der Waals surface area contributed by atoms with Gasteiger partial charge in [0.05, 0.1) is 0 Å². The van der Waals surface area contributed by atoms with Crippen LogP contribution in [-0.4, -0.2) is 0 Å². The molecule has 0 saturated heterocycles. The van der Waals surface area contributed by atoms with Gasteiger partial charge in [0.25, 0.3) is 0 Å². The molecule has 1 aromatic rings. The van der Waals surface area contributed by atoms with Gasteiger partial charge in [0.15, 0.2) is 0 Å². The second-order valence-electron chi connectivity index (χ2n) is 3.37. The first-order valence-corrected chi connectivity index (χ1v) is 4.14. The summed E-state index contributed by atoms with van der Waals surface area (Å²) in [7, 11) is 0. The minimum absolute atomic E-state index is 0.0172. The molecule has 2 heteroatoms. The van der Waals surface area contributed by atoms with E-state index in [-0.39, 0.29) is 6.04 Å². The Morgan fingerprint density at radius 2 is 1.83 bits per heavy atom. The predicted molar refractivity (Wildman–Crippen MR) is 52.9 cm³/mol. The SMILES string of the molecule is Cc1cc(C)c(N)c([C@H](C)N)c1. The van der Waals surface area contributed by atoms with E-state index in [0.717, 1.165) is 16.8 Å². The summed E-state index contributed by atoms with van der Waals surface area (Å²) in [4.78, 5) is 0. The Bertz CT molecular complexity index is 290. The van der Waals surface area contributed by atoms with Crippen LogP contribution in [0.3, 0.4) is 0 Å². The number of anilines is 1. The smallest absolute Gasteiger partial charge is 0.0392 e. The van der Waals surface area contributed by atoms with Crippen molar-refractivity contribution in [1.29, 1.82) is 0 Å². The standard InChI is InChI=1S/C10H16N2/c1-6-4-7(2)10(12)9(5-6)8(3)11/h4-5,8H,11-12H2,1-3H3/t8-/m0/s1. The van der Waals surface area contributed by atoms with Gasteiger partial charge in [-0.3, -0.25) is 0 Å². The van der Waals surface area contributed by atoms with Gasteiger partial charge >= 0.3 is 0 Å². The third-order valence-electron chi connectivity index (χ3n) is 2.05. The average molecular weight is 164 g/mol. The van der Waals surface area contributed by atoms with Gasteiger partial charge in [0.1, 0.15) is 0 Å². The van der Waals surface area contributed by atoms with Crippen LogP contribution in [0.15, 0.2) is 12.1 Å². The maximum Gasteiger partial charge on any atom is 0.0392 e. The second kappa shape index (κ2) is 3.15. The van der Waals surface area contributed by atoms with Crippen molar-refractivity contribution in [1.82, 2.24) is 0 Å². The fourth-order valence-electron chi connectivity index (χ4n) is 1.39. The molecule has 0 saturated carbocycles. The molecule has 0 aliphatic carbocycles. The van der Waals surface area contributed by atoms with Crippen LogP contribution in [0.2, 0.25) is 0 Å². The predicted octanol–water partition coefficient (Wildman–Crippen LogP) is 1.91. The summed E-state index contributed by atoms with van der Waals surface area (Å²) in [6, 6.07) is 4.14. The van der Waals surface area contributed by atoms with Crippen molar-refractivity contribution in [3.8, 4) is 0 Å². The highest BCUT2D eigenvalue weighted by Gasteiger charge is 2.06. The third kappa shape index (κ3) is 1.59. The number of hydrogen-bond donors (Lipinski definition) is 2. The van der Waals surface area contributed by atoms with Crippen LogP contribution in [0, 0.1) is 13.8 Å². The molecule has 0 aliphatic heterocycles. The highest BCUT2D eigenvalue weighted by atomic mass is 14.7.